The summed E-state index contributed by atoms with van der Waals surface area (Å²) in [6.07, 6.45) is 0. The fourth-order valence-electron chi connectivity index (χ4n) is 2.82. The predicted octanol–water partition coefficient (Wildman–Crippen LogP) is 2.43. The molecule has 0 atom stereocenters. The quantitative estimate of drug-likeness (QED) is 0.762. The van der Waals surface area contributed by atoms with Gasteiger partial charge >= 0.3 is 0 Å². The molecule has 1 fully saturated rings. The topological polar surface area (TPSA) is 42.0 Å². The average molecular weight is 358 g/mol. The fourth-order valence-corrected chi connectivity index (χ4v) is 2.82. The highest BCUT2D eigenvalue weighted by atomic mass is 19.1. The van der Waals surface area contributed by atoms with Gasteiger partial charge in [-0.25, -0.2) is 4.39 Å². The fraction of sp³-hybridized carbons (Fsp3) is 0.350. The summed E-state index contributed by atoms with van der Waals surface area (Å²) in [5, 5.41) is 0. The van der Waals surface area contributed by atoms with Gasteiger partial charge in [-0.2, -0.15) is 0 Å². The third-order valence-electron chi connectivity index (χ3n) is 4.33. The van der Waals surface area contributed by atoms with Gasteiger partial charge in [0.05, 0.1) is 0 Å². The predicted molar refractivity (Wildman–Crippen MR) is 96.9 cm³/mol. The van der Waals surface area contributed by atoms with Crippen molar-refractivity contribution in [2.24, 2.45) is 0 Å². The van der Waals surface area contributed by atoms with Crippen LogP contribution in [0.25, 0.3) is 0 Å². The molecule has 1 saturated heterocycles. The number of piperazine rings is 1. The van der Waals surface area contributed by atoms with Gasteiger partial charge in [-0.05, 0) is 24.3 Å². The second kappa shape index (κ2) is 9.20. The largest absolute Gasteiger partial charge is 0.492 e. The van der Waals surface area contributed by atoms with Crippen LogP contribution in [-0.4, -0.2) is 61.6 Å². The summed E-state index contributed by atoms with van der Waals surface area (Å²) < 4.78 is 24.5. The standard InChI is InChI=1S/C20H23FN2O3/c21-18-8-4-5-9-19(18)26-16-20(24)23-12-10-22(11-13-23)14-15-25-17-6-2-1-3-7-17/h1-9H,10-16H2. The molecule has 3 rings (SSSR count). The van der Waals surface area contributed by atoms with Gasteiger partial charge in [0.2, 0.25) is 0 Å². The smallest absolute Gasteiger partial charge is 0.260 e. The minimum atomic E-state index is -0.455. The number of ether oxygens (including phenoxy) is 2. The van der Waals surface area contributed by atoms with E-state index in [1.165, 1.54) is 12.1 Å². The highest BCUT2D eigenvalue weighted by Crippen LogP contribution is 2.15. The monoisotopic (exact) mass is 358 g/mol. The minimum Gasteiger partial charge on any atom is -0.492 e. The molecule has 6 heteroatoms. The van der Waals surface area contributed by atoms with Crippen LogP contribution in [0.15, 0.2) is 54.6 Å². The third-order valence-corrected chi connectivity index (χ3v) is 4.33. The Balaban J connectivity index is 1.35. The molecule has 0 bridgehead atoms. The molecule has 1 aliphatic heterocycles. The molecule has 0 aliphatic carbocycles. The first-order chi connectivity index (χ1) is 12.7. The highest BCUT2D eigenvalue weighted by Gasteiger charge is 2.21. The lowest BCUT2D eigenvalue weighted by atomic mass is 10.3. The summed E-state index contributed by atoms with van der Waals surface area (Å²) in [5.41, 5.74) is 0. The maximum absolute atomic E-state index is 13.5. The van der Waals surface area contributed by atoms with E-state index in [-0.39, 0.29) is 18.3 Å². The molecule has 1 heterocycles. The zero-order chi connectivity index (χ0) is 18.2. The van der Waals surface area contributed by atoms with Crippen LogP contribution in [0.4, 0.5) is 4.39 Å². The number of amides is 1. The maximum atomic E-state index is 13.5. The molecule has 26 heavy (non-hydrogen) atoms. The number of hydrogen-bond donors (Lipinski definition) is 0. The second-order valence-electron chi connectivity index (χ2n) is 6.10. The van der Waals surface area contributed by atoms with Crippen LogP contribution in [0.2, 0.25) is 0 Å². The Kier molecular flexibility index (Phi) is 6.44. The SMILES string of the molecule is O=C(COc1ccccc1F)N1CCN(CCOc2ccccc2)CC1. The molecule has 0 aromatic heterocycles. The number of para-hydroxylation sites is 2. The van der Waals surface area contributed by atoms with E-state index in [1.54, 1.807) is 17.0 Å². The number of carbonyl (C=O) groups excluding carboxylic acids is 1. The summed E-state index contributed by atoms with van der Waals surface area (Å²) in [6, 6.07) is 15.8. The van der Waals surface area contributed by atoms with E-state index in [0.717, 1.165) is 25.4 Å². The second-order valence-corrected chi connectivity index (χ2v) is 6.10. The molecule has 5 nitrogen and oxygen atoms in total. The first kappa shape index (κ1) is 18.2. The summed E-state index contributed by atoms with van der Waals surface area (Å²) in [4.78, 5) is 16.3. The number of benzene rings is 2. The van der Waals surface area contributed by atoms with Crippen molar-refractivity contribution in [2.45, 2.75) is 0 Å². The maximum Gasteiger partial charge on any atom is 0.260 e. The van der Waals surface area contributed by atoms with Gasteiger partial charge < -0.3 is 14.4 Å². The molecule has 2 aromatic rings. The first-order valence-corrected chi connectivity index (χ1v) is 8.78. The van der Waals surface area contributed by atoms with Gasteiger partial charge in [0.25, 0.3) is 5.91 Å². The molecule has 0 radical (unpaired) electrons. The molecular formula is C20H23FN2O3. The normalized spacial score (nSPS) is 14.9. The molecule has 138 valence electrons. The lowest BCUT2D eigenvalue weighted by Crippen LogP contribution is -2.50. The number of rotatable bonds is 7. The van der Waals surface area contributed by atoms with E-state index in [4.69, 9.17) is 9.47 Å². The van der Waals surface area contributed by atoms with Gasteiger partial charge in [0.15, 0.2) is 18.2 Å². The lowest BCUT2D eigenvalue weighted by molar-refractivity contribution is -0.135. The average Bonchev–Trinajstić information content (AvgIpc) is 2.68. The lowest BCUT2D eigenvalue weighted by Gasteiger charge is -2.34. The van der Waals surface area contributed by atoms with E-state index in [9.17, 15) is 9.18 Å². The van der Waals surface area contributed by atoms with E-state index in [1.807, 2.05) is 30.3 Å². The van der Waals surface area contributed by atoms with Crippen molar-refractivity contribution in [3.05, 3.63) is 60.4 Å². The van der Waals surface area contributed by atoms with Crippen molar-refractivity contribution in [1.82, 2.24) is 9.80 Å². The molecule has 0 unspecified atom stereocenters. The molecular weight excluding hydrogens is 335 g/mol. The van der Waals surface area contributed by atoms with Crippen LogP contribution in [0, 0.1) is 5.82 Å². The van der Waals surface area contributed by atoms with Crippen molar-refractivity contribution in [3.63, 3.8) is 0 Å². The van der Waals surface area contributed by atoms with E-state index < -0.39 is 5.82 Å². The van der Waals surface area contributed by atoms with Gasteiger partial charge in [-0.3, -0.25) is 9.69 Å². The summed E-state index contributed by atoms with van der Waals surface area (Å²) in [6.45, 7) is 4.18. The van der Waals surface area contributed by atoms with Gasteiger partial charge in [0.1, 0.15) is 12.4 Å². The Bertz CT molecular complexity index is 703. The van der Waals surface area contributed by atoms with Gasteiger partial charge in [0, 0.05) is 32.7 Å². The third kappa shape index (κ3) is 5.20. The Labute approximate surface area is 152 Å². The van der Waals surface area contributed by atoms with Crippen LogP contribution in [-0.2, 0) is 4.79 Å². The number of carbonyl (C=O) groups is 1. The zero-order valence-electron chi connectivity index (χ0n) is 14.6. The number of hydrogen-bond acceptors (Lipinski definition) is 4. The van der Waals surface area contributed by atoms with Crippen molar-refractivity contribution in [2.75, 3.05) is 45.9 Å². The van der Waals surface area contributed by atoms with E-state index in [0.29, 0.717) is 19.7 Å². The van der Waals surface area contributed by atoms with E-state index >= 15 is 0 Å². The Morgan fingerprint density at radius 3 is 2.35 bits per heavy atom. The first-order valence-electron chi connectivity index (χ1n) is 8.78. The van der Waals surface area contributed by atoms with Crippen molar-refractivity contribution >= 4 is 5.91 Å². The van der Waals surface area contributed by atoms with Crippen molar-refractivity contribution in [3.8, 4) is 11.5 Å². The van der Waals surface area contributed by atoms with Crippen molar-refractivity contribution < 1.29 is 18.7 Å². The molecule has 0 saturated carbocycles. The van der Waals surface area contributed by atoms with Crippen LogP contribution in [0.5, 0.6) is 11.5 Å². The number of halogens is 1. The Morgan fingerprint density at radius 1 is 0.923 bits per heavy atom. The van der Waals surface area contributed by atoms with E-state index in [2.05, 4.69) is 4.90 Å². The number of nitrogens with zero attached hydrogens (tertiary/aromatic N) is 2. The summed E-state index contributed by atoms with van der Waals surface area (Å²) in [7, 11) is 0. The molecule has 1 amide bonds. The molecule has 0 spiro atoms. The van der Waals surface area contributed by atoms with Gasteiger partial charge in [-0.15, -0.1) is 0 Å². The van der Waals surface area contributed by atoms with Crippen molar-refractivity contribution in [1.29, 1.82) is 0 Å². The Hall–Kier alpha value is -2.60. The van der Waals surface area contributed by atoms with Crippen LogP contribution >= 0.6 is 0 Å². The molecule has 2 aromatic carbocycles. The molecule has 0 N–H and O–H groups in total. The highest BCUT2D eigenvalue weighted by molar-refractivity contribution is 5.77. The van der Waals surface area contributed by atoms with Crippen LogP contribution < -0.4 is 9.47 Å². The zero-order valence-corrected chi connectivity index (χ0v) is 14.6. The van der Waals surface area contributed by atoms with Crippen LogP contribution in [0.3, 0.4) is 0 Å². The van der Waals surface area contributed by atoms with Crippen LogP contribution in [0.1, 0.15) is 0 Å². The van der Waals surface area contributed by atoms with Gasteiger partial charge in [-0.1, -0.05) is 30.3 Å². The Morgan fingerprint density at radius 2 is 1.62 bits per heavy atom. The summed E-state index contributed by atoms with van der Waals surface area (Å²) >= 11 is 0. The minimum absolute atomic E-state index is 0.109. The molecule has 1 aliphatic rings. The summed E-state index contributed by atoms with van der Waals surface area (Å²) in [5.74, 6) is 0.404.